The molecule has 0 radical (unpaired) electrons. The fourth-order valence-electron chi connectivity index (χ4n) is 2.97. The van der Waals surface area contributed by atoms with Crippen molar-refractivity contribution in [2.24, 2.45) is 0 Å². The summed E-state index contributed by atoms with van der Waals surface area (Å²) in [6.07, 6.45) is 0. The maximum atomic E-state index is 5.38. The molecule has 126 valence electrons. The zero-order chi connectivity index (χ0) is 17.5. The van der Waals surface area contributed by atoms with Crippen molar-refractivity contribution in [3.05, 3.63) is 47.7 Å². The van der Waals surface area contributed by atoms with Crippen molar-refractivity contribution in [3.63, 3.8) is 0 Å². The Kier molecular flexibility index (Phi) is 3.99. The third-order valence-electron chi connectivity index (χ3n) is 3.89. The van der Waals surface area contributed by atoms with E-state index in [0.29, 0.717) is 0 Å². The second-order valence-corrected chi connectivity index (χ2v) is 7.28. The van der Waals surface area contributed by atoms with Gasteiger partial charge >= 0.3 is 0 Å². The van der Waals surface area contributed by atoms with E-state index in [9.17, 15) is 0 Å². The van der Waals surface area contributed by atoms with E-state index >= 15 is 0 Å². The molecule has 0 spiro atoms. The van der Waals surface area contributed by atoms with Gasteiger partial charge in [0.2, 0.25) is 0 Å². The van der Waals surface area contributed by atoms with Gasteiger partial charge in [0.1, 0.15) is 22.9 Å². The van der Waals surface area contributed by atoms with Gasteiger partial charge in [-0.05, 0) is 64.4 Å². The molecular weight excluding hydrogens is 298 g/mol. The van der Waals surface area contributed by atoms with Crippen LogP contribution in [0.3, 0.4) is 0 Å². The molecule has 0 amide bonds. The number of rotatable bonds is 3. The van der Waals surface area contributed by atoms with E-state index in [0.717, 1.165) is 28.5 Å². The topological polar surface area (TPSA) is 38.6 Å². The molecule has 0 aliphatic carbocycles. The summed E-state index contributed by atoms with van der Waals surface area (Å²) in [7, 11) is 1.69. The number of benzene rings is 1. The predicted octanol–water partition coefficient (Wildman–Crippen LogP) is 4.84. The number of hydrogen-bond acceptors (Lipinski definition) is 3. The Morgan fingerprint density at radius 1 is 1.08 bits per heavy atom. The van der Waals surface area contributed by atoms with Crippen LogP contribution >= 0.6 is 0 Å². The Balaban J connectivity index is 2.29. The highest BCUT2D eigenvalue weighted by Crippen LogP contribution is 2.33. The summed E-state index contributed by atoms with van der Waals surface area (Å²) in [5.74, 6) is 1.85. The summed E-state index contributed by atoms with van der Waals surface area (Å²) in [6, 6.07) is 12.3. The first kappa shape index (κ1) is 16.4. The van der Waals surface area contributed by atoms with Crippen LogP contribution in [0.15, 0.2) is 36.4 Å². The number of anilines is 1. The fraction of sp³-hybridized carbons (Fsp3) is 0.350. The zero-order valence-corrected chi connectivity index (χ0v) is 15.3. The lowest BCUT2D eigenvalue weighted by Gasteiger charge is -2.23. The number of hydrogen-bond donors (Lipinski definition) is 1. The Bertz CT molecular complexity index is 888. The number of fused-ring (bicyclic) bond motifs is 1. The number of pyridine rings is 1. The van der Waals surface area contributed by atoms with E-state index in [1.807, 2.05) is 18.2 Å². The van der Waals surface area contributed by atoms with E-state index in [1.54, 1.807) is 7.11 Å². The standard InChI is InChI=1S/C20H25N3O/c1-13-10-14(2)23-17(11-13)21-18(19(23)22-20(3,4)5)15-8-7-9-16(12-15)24-6/h7-12,22H,1-6H3. The molecule has 0 unspecified atom stereocenters. The van der Waals surface area contributed by atoms with Gasteiger partial charge in [-0.1, -0.05) is 12.1 Å². The largest absolute Gasteiger partial charge is 0.497 e. The van der Waals surface area contributed by atoms with E-state index in [4.69, 9.17) is 9.72 Å². The van der Waals surface area contributed by atoms with Crippen LogP contribution in [0.5, 0.6) is 5.75 Å². The first-order valence-corrected chi connectivity index (χ1v) is 8.21. The highest BCUT2D eigenvalue weighted by atomic mass is 16.5. The second-order valence-electron chi connectivity index (χ2n) is 7.28. The van der Waals surface area contributed by atoms with Crippen molar-refractivity contribution in [2.75, 3.05) is 12.4 Å². The number of aryl methyl sites for hydroxylation is 2. The molecule has 3 rings (SSSR count). The minimum absolute atomic E-state index is 0.0685. The van der Waals surface area contributed by atoms with Crippen LogP contribution in [0, 0.1) is 13.8 Å². The van der Waals surface area contributed by atoms with E-state index in [2.05, 4.69) is 62.5 Å². The van der Waals surface area contributed by atoms with Crippen molar-refractivity contribution in [1.82, 2.24) is 9.38 Å². The molecule has 2 heterocycles. The molecule has 0 atom stereocenters. The number of aromatic nitrogens is 2. The van der Waals surface area contributed by atoms with Crippen LogP contribution in [0.4, 0.5) is 5.82 Å². The molecule has 0 aliphatic heterocycles. The molecule has 4 nitrogen and oxygen atoms in total. The van der Waals surface area contributed by atoms with Gasteiger partial charge < -0.3 is 10.1 Å². The number of methoxy groups -OCH3 is 1. The highest BCUT2D eigenvalue weighted by molar-refractivity contribution is 5.78. The lowest BCUT2D eigenvalue weighted by atomic mass is 10.1. The summed E-state index contributed by atoms with van der Waals surface area (Å²) in [4.78, 5) is 4.91. The van der Waals surface area contributed by atoms with Gasteiger partial charge in [0.05, 0.1) is 7.11 Å². The van der Waals surface area contributed by atoms with Gasteiger partial charge in [0.15, 0.2) is 0 Å². The first-order valence-electron chi connectivity index (χ1n) is 8.21. The number of imidazole rings is 1. The van der Waals surface area contributed by atoms with E-state index < -0.39 is 0 Å². The SMILES string of the molecule is COc1cccc(-c2nc3cc(C)cc(C)n3c2NC(C)(C)C)c1. The lowest BCUT2D eigenvalue weighted by molar-refractivity contribution is 0.415. The van der Waals surface area contributed by atoms with Crippen molar-refractivity contribution < 1.29 is 4.74 Å². The molecule has 0 fully saturated rings. The minimum atomic E-state index is -0.0685. The molecule has 4 heteroatoms. The Labute approximate surface area is 143 Å². The molecule has 1 N–H and O–H groups in total. The molecule has 1 aromatic carbocycles. The van der Waals surface area contributed by atoms with Crippen LogP contribution in [-0.4, -0.2) is 22.0 Å². The Morgan fingerprint density at radius 3 is 2.50 bits per heavy atom. The van der Waals surface area contributed by atoms with Gasteiger partial charge in [-0.2, -0.15) is 0 Å². The molecule has 0 aliphatic rings. The fourth-order valence-corrected chi connectivity index (χ4v) is 2.97. The summed E-state index contributed by atoms with van der Waals surface area (Å²) >= 11 is 0. The molecule has 3 aromatic rings. The summed E-state index contributed by atoms with van der Waals surface area (Å²) in [5.41, 5.74) is 5.25. The van der Waals surface area contributed by atoms with Crippen molar-refractivity contribution in [2.45, 2.75) is 40.2 Å². The van der Waals surface area contributed by atoms with Gasteiger partial charge in [-0.15, -0.1) is 0 Å². The van der Waals surface area contributed by atoms with Crippen molar-refractivity contribution in [3.8, 4) is 17.0 Å². The average Bonchev–Trinajstić information content (AvgIpc) is 2.84. The first-order chi connectivity index (χ1) is 11.3. The number of nitrogens with zero attached hydrogens (tertiary/aromatic N) is 2. The van der Waals surface area contributed by atoms with Gasteiger partial charge in [0.25, 0.3) is 0 Å². The summed E-state index contributed by atoms with van der Waals surface area (Å²) < 4.78 is 7.57. The van der Waals surface area contributed by atoms with Crippen LogP contribution in [0.1, 0.15) is 32.0 Å². The monoisotopic (exact) mass is 323 g/mol. The summed E-state index contributed by atoms with van der Waals surface area (Å²) in [5, 5.41) is 3.63. The van der Waals surface area contributed by atoms with Gasteiger partial charge in [-0.3, -0.25) is 4.40 Å². The third kappa shape index (κ3) is 3.09. The molecule has 0 saturated carbocycles. The molecular formula is C20H25N3O. The Morgan fingerprint density at radius 2 is 1.83 bits per heavy atom. The maximum absolute atomic E-state index is 5.38. The van der Waals surface area contributed by atoms with Crippen LogP contribution in [0.2, 0.25) is 0 Å². The zero-order valence-electron chi connectivity index (χ0n) is 15.3. The van der Waals surface area contributed by atoms with Crippen molar-refractivity contribution in [1.29, 1.82) is 0 Å². The average molecular weight is 323 g/mol. The normalized spacial score (nSPS) is 11.8. The highest BCUT2D eigenvalue weighted by Gasteiger charge is 2.20. The number of nitrogens with one attached hydrogen (secondary N) is 1. The molecule has 2 aromatic heterocycles. The van der Waals surface area contributed by atoms with Gasteiger partial charge in [0, 0.05) is 16.8 Å². The lowest BCUT2D eigenvalue weighted by Crippen LogP contribution is -2.27. The Hall–Kier alpha value is -2.49. The summed E-state index contributed by atoms with van der Waals surface area (Å²) in [6.45, 7) is 10.7. The maximum Gasteiger partial charge on any atom is 0.139 e. The minimum Gasteiger partial charge on any atom is -0.497 e. The molecule has 0 saturated heterocycles. The van der Waals surface area contributed by atoms with E-state index in [-0.39, 0.29) is 5.54 Å². The van der Waals surface area contributed by atoms with E-state index in [1.165, 1.54) is 11.3 Å². The number of ether oxygens (including phenoxy) is 1. The van der Waals surface area contributed by atoms with Crippen LogP contribution in [0.25, 0.3) is 16.9 Å². The van der Waals surface area contributed by atoms with Crippen molar-refractivity contribution >= 4 is 11.5 Å². The second kappa shape index (κ2) is 5.86. The molecule has 0 bridgehead atoms. The smallest absolute Gasteiger partial charge is 0.139 e. The third-order valence-corrected chi connectivity index (χ3v) is 3.89. The quantitative estimate of drug-likeness (QED) is 0.750. The van der Waals surface area contributed by atoms with Crippen LogP contribution in [-0.2, 0) is 0 Å². The van der Waals surface area contributed by atoms with Crippen LogP contribution < -0.4 is 10.1 Å². The van der Waals surface area contributed by atoms with Gasteiger partial charge in [-0.25, -0.2) is 4.98 Å². The molecule has 24 heavy (non-hydrogen) atoms. The predicted molar refractivity (Wildman–Crippen MR) is 100 cm³/mol.